The summed E-state index contributed by atoms with van der Waals surface area (Å²) in [6.07, 6.45) is 7.34. The Morgan fingerprint density at radius 1 is 1.02 bits per heavy atom. The van der Waals surface area contributed by atoms with Gasteiger partial charge in [0.05, 0.1) is 25.4 Å². The number of hydrogen-bond acceptors (Lipinski definition) is 8. The van der Waals surface area contributed by atoms with Crippen molar-refractivity contribution in [1.82, 2.24) is 10.6 Å². The Morgan fingerprint density at radius 2 is 1.82 bits per heavy atom. The van der Waals surface area contributed by atoms with Crippen LogP contribution >= 0.6 is 0 Å². The van der Waals surface area contributed by atoms with Crippen LogP contribution in [0.1, 0.15) is 91.0 Å². The highest BCUT2D eigenvalue weighted by Crippen LogP contribution is 2.70. The minimum atomic E-state index is -1.37. The van der Waals surface area contributed by atoms with Crippen molar-refractivity contribution in [2.24, 2.45) is 46.3 Å². The Morgan fingerprint density at radius 3 is 2.57 bits per heavy atom. The van der Waals surface area contributed by atoms with Crippen molar-refractivity contribution < 1.29 is 39.1 Å². The normalized spacial score (nSPS) is 48.9. The fourth-order valence-electron chi connectivity index (χ4n) is 12.3. The zero-order valence-electron chi connectivity index (χ0n) is 30.8. The summed E-state index contributed by atoms with van der Waals surface area (Å²) in [6.45, 7) is 10.4. The van der Waals surface area contributed by atoms with E-state index < -0.39 is 43.3 Å². The molecule has 282 valence electrons. The number of ether oxygens (including phenoxy) is 4. The van der Waals surface area contributed by atoms with Crippen LogP contribution < -0.4 is 10.6 Å². The average Bonchev–Trinajstić information content (AvgIpc) is 3.58. The second kappa shape index (κ2) is 13.7. The highest BCUT2D eigenvalue weighted by Gasteiger charge is 2.68. The molecule has 3 saturated heterocycles. The summed E-state index contributed by atoms with van der Waals surface area (Å²) in [6, 6.07) is 8.05. The van der Waals surface area contributed by atoms with E-state index in [2.05, 4.69) is 44.4 Å². The molecule has 16 atom stereocenters. The number of rotatable bonds is 6. The third-order valence-corrected chi connectivity index (χ3v) is 15.1. The van der Waals surface area contributed by atoms with Crippen LogP contribution in [0.25, 0.3) is 0 Å². The molecule has 0 bridgehead atoms. The predicted molar refractivity (Wildman–Crippen MR) is 190 cm³/mol. The second-order valence-electron chi connectivity index (χ2n) is 17.8. The molecule has 1 aromatic carbocycles. The van der Waals surface area contributed by atoms with Crippen molar-refractivity contribution in [1.29, 1.82) is 0 Å². The Hall–Kier alpha value is -2.05. The number of carbonyl (C=O) groups is 1. The van der Waals surface area contributed by atoms with Gasteiger partial charge < -0.3 is 44.9 Å². The molecule has 8 rings (SSSR count). The zero-order valence-corrected chi connectivity index (χ0v) is 30.8. The number of allylic oxidation sites excluding steroid dienone is 1. The average molecular weight is 709 g/mol. The standard InChI is InChI=1S/C41H60N2O8/c1-23-12-17-41(48-22-23)24(2)33-31(51-41)19-30-28-11-10-26-18-27(13-15-39(26,3)29(28)14-16-40(30,33)4)49-37-34(36(46)35(45)32(21-44)50-37)43-38(47)42-20-25-8-6-5-7-9-25/h5-10,23-24,27-37,44-46H,11-22H2,1-4H3,(H2,42,43,47)/t23-,24+,27+,28-,29+,30+,31+,32-,33+,34-,35-,36-,37-,39+,40+,41-/m1/s1. The summed E-state index contributed by atoms with van der Waals surface area (Å²) < 4.78 is 26.1. The van der Waals surface area contributed by atoms with Gasteiger partial charge >= 0.3 is 6.03 Å². The van der Waals surface area contributed by atoms with Crippen molar-refractivity contribution in [3.05, 3.63) is 47.5 Å². The topological polar surface area (TPSA) is 139 Å². The zero-order chi connectivity index (χ0) is 35.7. The smallest absolute Gasteiger partial charge is 0.315 e. The summed E-state index contributed by atoms with van der Waals surface area (Å²) in [4.78, 5) is 13.0. The molecular weight excluding hydrogens is 648 g/mol. The number of urea groups is 1. The van der Waals surface area contributed by atoms with E-state index in [1.807, 2.05) is 30.3 Å². The number of amides is 2. The minimum absolute atomic E-state index is 0.101. The van der Waals surface area contributed by atoms with Crippen LogP contribution in [0, 0.1) is 46.3 Å². The number of carbonyl (C=O) groups excluding carboxylic acids is 1. The minimum Gasteiger partial charge on any atom is -0.394 e. The molecule has 10 heteroatoms. The molecule has 1 spiro atoms. The monoisotopic (exact) mass is 708 g/mol. The van der Waals surface area contributed by atoms with Crippen LogP contribution in [0.15, 0.2) is 42.0 Å². The SMILES string of the molecule is C[C@@H]1CC[C@@]2(OC1)O[C@H]1C[C@H]3[C@@H]4CC=C5C[C@@H](O[C@@H]6O[C@H](CO)[C@@H](O)[C@H](O)[C@H]6NC(=O)NCc6ccccc6)CC[C@]5(C)[C@H]4CC[C@]3(C)[C@H]1[C@@H]2C. The quantitative estimate of drug-likeness (QED) is 0.259. The molecule has 0 aromatic heterocycles. The van der Waals surface area contributed by atoms with Crippen LogP contribution in [0.4, 0.5) is 4.79 Å². The van der Waals surface area contributed by atoms with Crippen molar-refractivity contribution >= 4 is 6.03 Å². The Bertz CT molecular complexity index is 1450. The molecule has 3 heterocycles. The number of hydrogen-bond donors (Lipinski definition) is 5. The van der Waals surface area contributed by atoms with Gasteiger partial charge in [-0.3, -0.25) is 0 Å². The van der Waals surface area contributed by atoms with Crippen LogP contribution in [0.5, 0.6) is 0 Å². The molecule has 51 heavy (non-hydrogen) atoms. The fourth-order valence-corrected chi connectivity index (χ4v) is 12.3. The molecule has 3 aliphatic heterocycles. The van der Waals surface area contributed by atoms with E-state index in [1.54, 1.807) is 0 Å². The second-order valence-corrected chi connectivity index (χ2v) is 17.8. The fraction of sp³-hybridized carbons (Fsp3) is 0.780. The molecule has 0 radical (unpaired) electrons. The maximum Gasteiger partial charge on any atom is 0.315 e. The van der Waals surface area contributed by atoms with Gasteiger partial charge in [0.2, 0.25) is 0 Å². The van der Waals surface area contributed by atoms with Crippen LogP contribution in [0.2, 0.25) is 0 Å². The number of benzene rings is 1. The first-order valence-electron chi connectivity index (χ1n) is 19.8. The summed E-state index contributed by atoms with van der Waals surface area (Å²) in [5.41, 5.74) is 2.76. The van der Waals surface area contributed by atoms with E-state index in [0.717, 1.165) is 50.7 Å². The molecule has 5 N–H and O–H groups in total. The molecule has 0 unspecified atom stereocenters. The van der Waals surface area contributed by atoms with Gasteiger partial charge in [0, 0.05) is 18.9 Å². The van der Waals surface area contributed by atoms with Crippen molar-refractivity contribution in [3.63, 3.8) is 0 Å². The largest absolute Gasteiger partial charge is 0.394 e. The first-order valence-corrected chi connectivity index (χ1v) is 19.8. The van der Waals surface area contributed by atoms with E-state index in [-0.39, 0.29) is 22.7 Å². The van der Waals surface area contributed by atoms with Crippen LogP contribution in [-0.4, -0.2) is 83.2 Å². The summed E-state index contributed by atoms with van der Waals surface area (Å²) in [5.74, 6) is 3.10. The van der Waals surface area contributed by atoms with Crippen molar-refractivity contribution in [3.8, 4) is 0 Å². The lowest BCUT2D eigenvalue weighted by Crippen LogP contribution is -2.66. The maximum absolute atomic E-state index is 13.0. The van der Waals surface area contributed by atoms with Crippen molar-refractivity contribution in [2.75, 3.05) is 13.2 Å². The van der Waals surface area contributed by atoms with E-state index in [9.17, 15) is 20.1 Å². The number of aliphatic hydroxyl groups is 3. The number of nitrogens with one attached hydrogen (secondary N) is 2. The van der Waals surface area contributed by atoms with E-state index >= 15 is 0 Å². The van der Waals surface area contributed by atoms with Gasteiger partial charge in [0.25, 0.3) is 0 Å². The Balaban J connectivity index is 0.940. The molecule has 6 fully saturated rings. The predicted octanol–water partition coefficient (Wildman–Crippen LogP) is 5.05. The van der Waals surface area contributed by atoms with Gasteiger partial charge in [-0.15, -0.1) is 0 Å². The molecule has 2 amide bonds. The van der Waals surface area contributed by atoms with E-state index in [4.69, 9.17) is 18.9 Å². The first-order chi connectivity index (χ1) is 24.5. The van der Waals surface area contributed by atoms with Gasteiger partial charge in [-0.1, -0.05) is 69.7 Å². The molecule has 7 aliphatic rings. The number of fused-ring (bicyclic) bond motifs is 7. The first kappa shape index (κ1) is 36.0. The Labute approximate surface area is 303 Å². The van der Waals surface area contributed by atoms with Gasteiger partial charge in [-0.05, 0) is 97.3 Å². The highest BCUT2D eigenvalue weighted by atomic mass is 16.7. The lowest BCUT2D eigenvalue weighted by Gasteiger charge is -2.58. The Kier molecular flexibility index (Phi) is 9.63. The highest BCUT2D eigenvalue weighted by molar-refractivity contribution is 5.74. The summed E-state index contributed by atoms with van der Waals surface area (Å²) >= 11 is 0. The third-order valence-electron chi connectivity index (χ3n) is 15.1. The van der Waals surface area contributed by atoms with E-state index in [0.29, 0.717) is 48.2 Å². The maximum atomic E-state index is 13.0. The molecule has 10 nitrogen and oxygen atoms in total. The third kappa shape index (κ3) is 6.09. The molecule has 1 aromatic rings. The molecular formula is C41H60N2O8. The summed E-state index contributed by atoms with van der Waals surface area (Å²) in [7, 11) is 0. The lowest BCUT2D eigenvalue weighted by molar-refractivity contribution is -0.283. The molecule has 3 saturated carbocycles. The van der Waals surface area contributed by atoms with E-state index in [1.165, 1.54) is 24.8 Å². The lowest BCUT2D eigenvalue weighted by atomic mass is 9.47. The van der Waals surface area contributed by atoms with Gasteiger partial charge in [0.1, 0.15) is 24.4 Å². The summed E-state index contributed by atoms with van der Waals surface area (Å²) in [5, 5.41) is 37.3. The molecule has 4 aliphatic carbocycles. The van der Waals surface area contributed by atoms with Gasteiger partial charge in [0.15, 0.2) is 12.1 Å². The van der Waals surface area contributed by atoms with Crippen LogP contribution in [0.3, 0.4) is 0 Å². The van der Waals surface area contributed by atoms with Crippen molar-refractivity contribution in [2.45, 2.75) is 141 Å². The number of aliphatic hydroxyl groups excluding tert-OH is 3. The van der Waals surface area contributed by atoms with Crippen LogP contribution in [-0.2, 0) is 25.5 Å². The van der Waals surface area contributed by atoms with Gasteiger partial charge in [-0.25, -0.2) is 4.79 Å². The van der Waals surface area contributed by atoms with Gasteiger partial charge in [-0.2, -0.15) is 0 Å².